The highest BCUT2D eigenvalue weighted by Gasteiger charge is 2.28. The Labute approximate surface area is 113 Å². The fourth-order valence-corrected chi connectivity index (χ4v) is 3.72. The minimum absolute atomic E-state index is 0.250. The van der Waals surface area contributed by atoms with E-state index in [0.717, 1.165) is 0 Å². The van der Waals surface area contributed by atoms with Crippen molar-refractivity contribution in [2.24, 2.45) is 5.41 Å². The van der Waals surface area contributed by atoms with E-state index in [9.17, 15) is 0 Å². The molecule has 2 rings (SSSR count). The predicted molar refractivity (Wildman–Crippen MR) is 78.3 cm³/mol. The zero-order valence-electron chi connectivity index (χ0n) is 11.7. The molecule has 0 saturated heterocycles. The van der Waals surface area contributed by atoms with Crippen LogP contribution >= 0.6 is 11.3 Å². The molecule has 1 aromatic heterocycles. The number of carbonyl (C=O) groups is 1. The summed E-state index contributed by atoms with van der Waals surface area (Å²) in [5.74, 6) is 0. The summed E-state index contributed by atoms with van der Waals surface area (Å²) in [6.45, 7) is 13.0. The molecule has 1 N–H and O–H groups in total. The van der Waals surface area contributed by atoms with Crippen molar-refractivity contribution in [1.29, 1.82) is 0 Å². The number of hydrogen-bond donors (Lipinski definition) is 1. The van der Waals surface area contributed by atoms with Crippen LogP contribution in [0.15, 0.2) is 6.58 Å². The lowest BCUT2D eigenvalue weighted by molar-refractivity contribution is -0.122. The van der Waals surface area contributed by atoms with Gasteiger partial charge >= 0.3 is 0 Å². The molecule has 1 heterocycles. The highest BCUT2D eigenvalue weighted by molar-refractivity contribution is 7.13. The zero-order valence-corrected chi connectivity index (χ0v) is 12.5. The third-order valence-electron chi connectivity index (χ3n) is 3.43. The van der Waals surface area contributed by atoms with Crippen LogP contribution < -0.4 is 0 Å². The number of rotatable bonds is 1. The Morgan fingerprint density at radius 3 is 2.56 bits per heavy atom. The molecular weight excluding hydrogens is 244 g/mol. The summed E-state index contributed by atoms with van der Waals surface area (Å²) in [5.41, 5.74) is 4.83. The number of carboxylic acid groups (broad SMARTS) is 1. The first kappa shape index (κ1) is 15.0. The quantitative estimate of drug-likeness (QED) is 0.769. The van der Waals surface area contributed by atoms with Gasteiger partial charge in [-0.05, 0) is 55.2 Å². The molecule has 18 heavy (non-hydrogen) atoms. The molecule has 0 saturated carbocycles. The molecule has 0 aliphatic heterocycles. The van der Waals surface area contributed by atoms with Crippen molar-refractivity contribution >= 4 is 23.4 Å². The van der Waals surface area contributed by atoms with E-state index in [1.165, 1.54) is 35.3 Å². The van der Waals surface area contributed by atoms with Crippen molar-refractivity contribution in [3.05, 3.63) is 27.5 Å². The van der Waals surface area contributed by atoms with E-state index >= 15 is 0 Å². The highest BCUT2D eigenvalue weighted by atomic mass is 32.1. The topological polar surface area (TPSA) is 37.3 Å². The van der Waals surface area contributed by atoms with Crippen molar-refractivity contribution in [1.82, 2.24) is 0 Å². The summed E-state index contributed by atoms with van der Waals surface area (Å²) in [6, 6.07) is 0. The van der Waals surface area contributed by atoms with E-state index < -0.39 is 0 Å². The van der Waals surface area contributed by atoms with Crippen LogP contribution in [0.4, 0.5) is 0 Å². The Bertz CT molecular complexity index is 455. The molecule has 2 nitrogen and oxygen atoms in total. The lowest BCUT2D eigenvalue weighted by atomic mass is 9.76. The summed E-state index contributed by atoms with van der Waals surface area (Å²) in [5, 5.41) is 6.89. The van der Waals surface area contributed by atoms with Crippen LogP contribution in [-0.4, -0.2) is 11.6 Å². The number of fused-ring (bicyclic) bond motifs is 1. The summed E-state index contributed by atoms with van der Waals surface area (Å²) in [4.78, 5) is 11.4. The van der Waals surface area contributed by atoms with Crippen LogP contribution in [0.5, 0.6) is 0 Å². The predicted octanol–water partition coefficient (Wildman–Crippen LogP) is 4.31. The molecule has 1 aliphatic carbocycles. The van der Waals surface area contributed by atoms with Gasteiger partial charge in [0.1, 0.15) is 0 Å². The molecule has 1 aromatic rings. The Hall–Kier alpha value is -1.09. The van der Waals surface area contributed by atoms with Crippen molar-refractivity contribution in [3.8, 4) is 0 Å². The van der Waals surface area contributed by atoms with E-state index in [0.29, 0.717) is 5.41 Å². The van der Waals surface area contributed by atoms with Crippen LogP contribution in [0.2, 0.25) is 0 Å². The Kier molecular flexibility index (Phi) is 4.74. The van der Waals surface area contributed by atoms with Crippen LogP contribution in [0.3, 0.4) is 0 Å². The molecule has 1 aliphatic rings. The van der Waals surface area contributed by atoms with Crippen molar-refractivity contribution in [3.63, 3.8) is 0 Å². The monoisotopic (exact) mass is 266 g/mol. The molecule has 0 fully saturated rings. The molecule has 3 heteroatoms. The van der Waals surface area contributed by atoms with Gasteiger partial charge in [-0.1, -0.05) is 20.4 Å². The second kappa shape index (κ2) is 5.70. The molecular formula is C15H22O2S. The normalized spacial score (nSPS) is 16.2. The van der Waals surface area contributed by atoms with E-state index in [1.807, 2.05) is 11.3 Å². The van der Waals surface area contributed by atoms with E-state index in [1.54, 1.807) is 10.4 Å². The van der Waals surface area contributed by atoms with Gasteiger partial charge in [-0.25, -0.2) is 0 Å². The lowest BCUT2D eigenvalue weighted by Gasteiger charge is -2.29. The first-order chi connectivity index (χ1) is 8.32. The minimum atomic E-state index is -0.250. The van der Waals surface area contributed by atoms with Crippen LogP contribution in [0.25, 0.3) is 5.57 Å². The molecule has 0 atom stereocenters. The van der Waals surface area contributed by atoms with Gasteiger partial charge in [-0.2, -0.15) is 0 Å². The number of thiophene rings is 1. The van der Waals surface area contributed by atoms with Gasteiger partial charge in [-0.3, -0.25) is 4.79 Å². The first-order valence-corrected chi connectivity index (χ1v) is 6.99. The summed E-state index contributed by atoms with van der Waals surface area (Å²) < 4.78 is 0. The standard InChI is InChI=1S/C14H20S.CH2O2/c1-9(2)13-10(3)11-8-14(4,5)7-6-12(11)15-13;2-1-3/h1,6-8H2,2-5H3;1H,(H,2,3). The molecule has 0 spiro atoms. The van der Waals surface area contributed by atoms with Gasteiger partial charge < -0.3 is 5.11 Å². The maximum absolute atomic E-state index is 8.36. The number of hydrogen-bond acceptors (Lipinski definition) is 2. The lowest BCUT2D eigenvalue weighted by Crippen LogP contribution is -2.21. The molecule has 100 valence electrons. The number of allylic oxidation sites excluding steroid dienone is 1. The van der Waals surface area contributed by atoms with Gasteiger partial charge in [0.15, 0.2) is 0 Å². The van der Waals surface area contributed by atoms with Gasteiger partial charge in [0.05, 0.1) is 0 Å². The highest BCUT2D eigenvalue weighted by Crippen LogP contribution is 2.42. The summed E-state index contributed by atoms with van der Waals surface area (Å²) in [7, 11) is 0. The summed E-state index contributed by atoms with van der Waals surface area (Å²) in [6.07, 6.45) is 3.84. The third-order valence-corrected chi connectivity index (χ3v) is 4.98. The van der Waals surface area contributed by atoms with Gasteiger partial charge in [0.2, 0.25) is 0 Å². The maximum Gasteiger partial charge on any atom is 0.290 e. The fourth-order valence-electron chi connectivity index (χ4n) is 2.47. The minimum Gasteiger partial charge on any atom is -0.483 e. The molecule has 0 radical (unpaired) electrons. The second-order valence-corrected chi connectivity index (χ2v) is 6.79. The first-order valence-electron chi connectivity index (χ1n) is 6.17. The zero-order chi connectivity index (χ0) is 13.9. The van der Waals surface area contributed by atoms with Crippen LogP contribution in [0, 0.1) is 12.3 Å². The SMILES string of the molecule is C=C(C)c1sc2c(c1C)CC(C)(C)CC2.O=CO. The molecule has 0 unspecified atom stereocenters. The number of aryl methyl sites for hydroxylation is 1. The van der Waals surface area contributed by atoms with Gasteiger partial charge in [0.25, 0.3) is 6.47 Å². The van der Waals surface area contributed by atoms with E-state index in [4.69, 9.17) is 9.90 Å². The van der Waals surface area contributed by atoms with Crippen LogP contribution in [0.1, 0.15) is 48.1 Å². The Balaban J connectivity index is 0.000000492. The third kappa shape index (κ3) is 3.22. The average molecular weight is 266 g/mol. The smallest absolute Gasteiger partial charge is 0.290 e. The van der Waals surface area contributed by atoms with E-state index in [2.05, 4.69) is 34.3 Å². The van der Waals surface area contributed by atoms with Gasteiger partial charge in [-0.15, -0.1) is 11.3 Å². The fraction of sp³-hybridized carbons (Fsp3) is 0.533. The molecule has 0 amide bonds. The second-order valence-electron chi connectivity index (χ2n) is 5.68. The summed E-state index contributed by atoms with van der Waals surface area (Å²) >= 11 is 1.97. The van der Waals surface area contributed by atoms with Crippen molar-refractivity contribution < 1.29 is 9.90 Å². The maximum atomic E-state index is 8.36. The average Bonchev–Trinajstić information content (AvgIpc) is 2.56. The Morgan fingerprint density at radius 1 is 1.50 bits per heavy atom. The van der Waals surface area contributed by atoms with Crippen molar-refractivity contribution in [2.45, 2.75) is 47.0 Å². The molecule has 0 bridgehead atoms. The van der Waals surface area contributed by atoms with E-state index in [-0.39, 0.29) is 6.47 Å². The Morgan fingerprint density at radius 2 is 2.06 bits per heavy atom. The van der Waals surface area contributed by atoms with Crippen molar-refractivity contribution in [2.75, 3.05) is 0 Å². The molecule has 0 aromatic carbocycles. The van der Waals surface area contributed by atoms with Gasteiger partial charge in [0, 0.05) is 9.75 Å². The van der Waals surface area contributed by atoms with Crippen LogP contribution in [-0.2, 0) is 17.6 Å². The largest absolute Gasteiger partial charge is 0.483 e.